The van der Waals surface area contributed by atoms with E-state index in [-0.39, 0.29) is 0 Å². The number of benzene rings is 2. The van der Waals surface area contributed by atoms with Crippen LogP contribution in [0.5, 0.6) is 0 Å². The Morgan fingerprint density at radius 2 is 1.62 bits per heavy atom. The van der Waals surface area contributed by atoms with Crippen molar-refractivity contribution in [3.05, 3.63) is 71.4 Å². The number of aromatic nitrogens is 2. The second-order valence-corrected chi connectivity index (χ2v) is 6.71. The molecular weight excluding hydrogens is 314 g/mol. The van der Waals surface area contributed by atoms with Gasteiger partial charge in [0.2, 0.25) is 0 Å². The van der Waals surface area contributed by atoms with Gasteiger partial charge in [-0.15, -0.1) is 11.3 Å². The van der Waals surface area contributed by atoms with E-state index in [0.29, 0.717) is 6.54 Å². The van der Waals surface area contributed by atoms with Crippen LogP contribution in [-0.2, 0) is 6.42 Å². The summed E-state index contributed by atoms with van der Waals surface area (Å²) in [4.78, 5) is 5.87. The number of thiazole rings is 1. The van der Waals surface area contributed by atoms with Crippen LogP contribution in [0.25, 0.3) is 27.3 Å². The van der Waals surface area contributed by atoms with Gasteiger partial charge in [0.1, 0.15) is 0 Å². The standard InChI is InChI=1S/C20H19N3S/c1-14-19(22-20-23(14)18(11-12-21)13-24-20)17-9-7-16(8-10-17)15-5-3-2-4-6-15/h2-10,13H,11-12,21H2,1H3. The van der Waals surface area contributed by atoms with Gasteiger partial charge >= 0.3 is 0 Å². The Labute approximate surface area is 145 Å². The van der Waals surface area contributed by atoms with Crippen LogP contribution in [0.1, 0.15) is 11.4 Å². The predicted molar refractivity (Wildman–Crippen MR) is 101 cm³/mol. The van der Waals surface area contributed by atoms with Gasteiger partial charge in [-0.2, -0.15) is 0 Å². The Bertz CT molecular complexity index is 965. The van der Waals surface area contributed by atoms with E-state index in [1.54, 1.807) is 11.3 Å². The van der Waals surface area contributed by atoms with E-state index in [2.05, 4.69) is 65.2 Å². The van der Waals surface area contributed by atoms with Gasteiger partial charge in [-0.3, -0.25) is 4.40 Å². The fourth-order valence-electron chi connectivity index (χ4n) is 3.11. The number of rotatable bonds is 4. The van der Waals surface area contributed by atoms with Crippen LogP contribution in [0.4, 0.5) is 0 Å². The van der Waals surface area contributed by atoms with Gasteiger partial charge in [-0.25, -0.2) is 4.98 Å². The van der Waals surface area contributed by atoms with Crippen molar-refractivity contribution in [2.75, 3.05) is 6.54 Å². The molecule has 2 N–H and O–H groups in total. The largest absolute Gasteiger partial charge is 0.330 e. The number of fused-ring (bicyclic) bond motifs is 1. The first-order valence-electron chi connectivity index (χ1n) is 8.09. The van der Waals surface area contributed by atoms with Crippen molar-refractivity contribution in [1.82, 2.24) is 9.38 Å². The molecule has 0 spiro atoms. The summed E-state index contributed by atoms with van der Waals surface area (Å²) in [6.45, 7) is 2.79. The lowest BCUT2D eigenvalue weighted by Crippen LogP contribution is -2.05. The van der Waals surface area contributed by atoms with Crippen LogP contribution in [0.15, 0.2) is 60.0 Å². The van der Waals surface area contributed by atoms with Crippen molar-refractivity contribution < 1.29 is 0 Å². The lowest BCUT2D eigenvalue weighted by molar-refractivity contribution is 0.896. The molecule has 0 aliphatic carbocycles. The van der Waals surface area contributed by atoms with Crippen molar-refractivity contribution in [2.24, 2.45) is 5.73 Å². The number of aryl methyl sites for hydroxylation is 1. The summed E-state index contributed by atoms with van der Waals surface area (Å²) < 4.78 is 2.23. The number of imidazole rings is 1. The number of nitrogens with two attached hydrogens (primary N) is 1. The van der Waals surface area contributed by atoms with Crippen LogP contribution >= 0.6 is 11.3 Å². The molecule has 0 aliphatic rings. The van der Waals surface area contributed by atoms with Crippen LogP contribution in [-0.4, -0.2) is 15.9 Å². The maximum absolute atomic E-state index is 5.72. The summed E-state index contributed by atoms with van der Waals surface area (Å²) in [5.74, 6) is 0. The average molecular weight is 333 g/mol. The monoisotopic (exact) mass is 333 g/mol. The van der Waals surface area contributed by atoms with Gasteiger partial charge in [0, 0.05) is 28.8 Å². The highest BCUT2D eigenvalue weighted by Gasteiger charge is 2.14. The van der Waals surface area contributed by atoms with E-state index in [1.807, 2.05) is 6.07 Å². The van der Waals surface area contributed by atoms with Gasteiger partial charge < -0.3 is 5.73 Å². The summed E-state index contributed by atoms with van der Waals surface area (Å²) >= 11 is 1.68. The lowest BCUT2D eigenvalue weighted by atomic mass is 10.0. The molecule has 0 radical (unpaired) electrons. The Kier molecular flexibility index (Phi) is 3.92. The SMILES string of the molecule is Cc1c(-c2ccc(-c3ccccc3)cc2)nc2scc(CCN)n12. The summed E-state index contributed by atoms with van der Waals surface area (Å²) in [6.07, 6.45) is 0.879. The van der Waals surface area contributed by atoms with Gasteiger partial charge in [0.05, 0.1) is 5.69 Å². The van der Waals surface area contributed by atoms with Crippen LogP contribution in [0.2, 0.25) is 0 Å². The van der Waals surface area contributed by atoms with Gasteiger partial charge in [0.25, 0.3) is 0 Å². The quantitative estimate of drug-likeness (QED) is 0.596. The first-order valence-corrected chi connectivity index (χ1v) is 8.97. The zero-order valence-corrected chi connectivity index (χ0v) is 14.4. The molecule has 4 rings (SSSR count). The average Bonchev–Trinajstić information content (AvgIpc) is 3.17. The minimum absolute atomic E-state index is 0.657. The van der Waals surface area contributed by atoms with E-state index in [9.17, 15) is 0 Å². The zero-order valence-electron chi connectivity index (χ0n) is 13.6. The molecule has 24 heavy (non-hydrogen) atoms. The van der Waals surface area contributed by atoms with E-state index < -0.39 is 0 Å². The fourth-order valence-corrected chi connectivity index (χ4v) is 4.08. The number of hydrogen-bond acceptors (Lipinski definition) is 3. The smallest absolute Gasteiger partial charge is 0.194 e. The topological polar surface area (TPSA) is 43.3 Å². The number of hydrogen-bond donors (Lipinski definition) is 1. The normalized spacial score (nSPS) is 11.2. The molecule has 4 aromatic rings. The summed E-state index contributed by atoms with van der Waals surface area (Å²) in [6, 6.07) is 19.1. The Balaban J connectivity index is 1.74. The molecule has 2 aromatic heterocycles. The Hall–Kier alpha value is -2.43. The van der Waals surface area contributed by atoms with E-state index >= 15 is 0 Å². The van der Waals surface area contributed by atoms with E-state index in [1.165, 1.54) is 22.5 Å². The molecule has 0 fully saturated rings. The summed E-state index contributed by atoms with van der Waals surface area (Å²) in [7, 11) is 0. The zero-order chi connectivity index (χ0) is 16.5. The maximum atomic E-state index is 5.72. The second-order valence-electron chi connectivity index (χ2n) is 5.87. The van der Waals surface area contributed by atoms with Crippen LogP contribution in [0, 0.1) is 6.92 Å². The molecule has 0 saturated heterocycles. The highest BCUT2D eigenvalue weighted by molar-refractivity contribution is 7.15. The maximum Gasteiger partial charge on any atom is 0.194 e. The van der Waals surface area contributed by atoms with Crippen LogP contribution in [0.3, 0.4) is 0 Å². The van der Waals surface area contributed by atoms with Gasteiger partial charge in [0.15, 0.2) is 4.96 Å². The van der Waals surface area contributed by atoms with Crippen molar-refractivity contribution in [3.8, 4) is 22.4 Å². The molecule has 3 nitrogen and oxygen atoms in total. The highest BCUT2D eigenvalue weighted by atomic mass is 32.1. The third kappa shape index (κ3) is 2.54. The first kappa shape index (κ1) is 15.1. The van der Waals surface area contributed by atoms with Crippen molar-refractivity contribution in [2.45, 2.75) is 13.3 Å². The summed E-state index contributed by atoms with van der Waals surface area (Å²) in [5.41, 5.74) is 12.8. The predicted octanol–water partition coefficient (Wildman–Crippen LogP) is 4.54. The third-order valence-electron chi connectivity index (χ3n) is 4.33. The summed E-state index contributed by atoms with van der Waals surface area (Å²) in [5, 5.41) is 2.16. The lowest BCUT2D eigenvalue weighted by Gasteiger charge is -2.04. The van der Waals surface area contributed by atoms with Crippen molar-refractivity contribution in [3.63, 3.8) is 0 Å². The molecule has 0 amide bonds. The molecule has 120 valence electrons. The second kappa shape index (κ2) is 6.23. The van der Waals surface area contributed by atoms with Crippen molar-refractivity contribution >= 4 is 16.3 Å². The first-order chi connectivity index (χ1) is 11.8. The molecule has 4 heteroatoms. The van der Waals surface area contributed by atoms with Gasteiger partial charge in [-0.1, -0.05) is 54.6 Å². The molecule has 0 aliphatic heterocycles. The Morgan fingerprint density at radius 1 is 0.958 bits per heavy atom. The van der Waals surface area contributed by atoms with E-state index in [0.717, 1.165) is 22.6 Å². The molecule has 2 aromatic carbocycles. The minimum atomic E-state index is 0.657. The van der Waals surface area contributed by atoms with Crippen molar-refractivity contribution in [1.29, 1.82) is 0 Å². The Morgan fingerprint density at radius 3 is 2.33 bits per heavy atom. The van der Waals surface area contributed by atoms with Crippen LogP contribution < -0.4 is 5.73 Å². The molecular formula is C20H19N3S. The third-order valence-corrected chi connectivity index (χ3v) is 5.20. The molecule has 2 heterocycles. The highest BCUT2D eigenvalue weighted by Crippen LogP contribution is 2.29. The molecule has 0 atom stereocenters. The fraction of sp³-hybridized carbons (Fsp3) is 0.150. The molecule has 0 unspecified atom stereocenters. The van der Waals surface area contributed by atoms with Gasteiger partial charge in [-0.05, 0) is 24.6 Å². The van der Waals surface area contributed by atoms with E-state index in [4.69, 9.17) is 10.7 Å². The molecule has 0 saturated carbocycles. The minimum Gasteiger partial charge on any atom is -0.330 e. The molecule has 0 bridgehead atoms. The number of nitrogens with zero attached hydrogens (tertiary/aromatic N) is 2.